The summed E-state index contributed by atoms with van der Waals surface area (Å²) in [6.45, 7) is 0.112. The average Bonchev–Trinajstić information content (AvgIpc) is 2.78. The van der Waals surface area contributed by atoms with Gasteiger partial charge in [0, 0.05) is 19.0 Å². The van der Waals surface area contributed by atoms with E-state index in [1.54, 1.807) is 0 Å². The largest absolute Gasteiger partial charge is 0.444 e. The molecule has 3 N–H and O–H groups in total. The monoisotopic (exact) mass is 456 g/mol. The van der Waals surface area contributed by atoms with Crippen LogP contribution in [0.15, 0.2) is 71.8 Å². The summed E-state index contributed by atoms with van der Waals surface area (Å²) in [7, 11) is -4.01. The Morgan fingerprint density at radius 3 is 2.62 bits per heavy atom. The first-order chi connectivity index (χ1) is 15.3. The number of halogens is 1. The lowest BCUT2D eigenvalue weighted by molar-refractivity contribution is 0.155. The van der Waals surface area contributed by atoms with E-state index < -0.39 is 28.0 Å². The van der Waals surface area contributed by atoms with Gasteiger partial charge < -0.3 is 10.5 Å². The molecule has 1 aliphatic rings. The van der Waals surface area contributed by atoms with Crippen LogP contribution in [0.4, 0.5) is 20.6 Å². The van der Waals surface area contributed by atoms with Crippen LogP contribution in [0.25, 0.3) is 0 Å². The number of ether oxygens (including phenoxy) is 1. The van der Waals surface area contributed by atoms with Gasteiger partial charge in [-0.3, -0.25) is 14.6 Å². The summed E-state index contributed by atoms with van der Waals surface area (Å²) in [6.07, 6.45) is 1.10. The Morgan fingerprint density at radius 2 is 1.91 bits per heavy atom. The van der Waals surface area contributed by atoms with Crippen molar-refractivity contribution in [1.29, 1.82) is 0 Å². The van der Waals surface area contributed by atoms with Crippen molar-refractivity contribution in [2.24, 2.45) is 5.73 Å². The minimum Gasteiger partial charge on any atom is -0.444 e. The van der Waals surface area contributed by atoms with E-state index in [1.807, 2.05) is 30.3 Å². The van der Waals surface area contributed by atoms with Gasteiger partial charge in [0.15, 0.2) is 0 Å². The van der Waals surface area contributed by atoms with E-state index in [0.717, 1.165) is 22.0 Å². The maximum Gasteiger partial charge on any atom is 0.412 e. The van der Waals surface area contributed by atoms with Gasteiger partial charge in [0.05, 0.1) is 28.2 Å². The van der Waals surface area contributed by atoms with Gasteiger partial charge in [0.1, 0.15) is 12.4 Å². The fraction of sp³-hybridized carbons (Fsp3) is 0.182. The third-order valence-electron chi connectivity index (χ3n) is 4.93. The summed E-state index contributed by atoms with van der Waals surface area (Å²) in [5, 5.41) is 2.57. The van der Waals surface area contributed by atoms with Crippen LogP contribution in [0.5, 0.6) is 0 Å². The van der Waals surface area contributed by atoms with E-state index in [-0.39, 0.29) is 23.7 Å². The molecule has 32 heavy (non-hydrogen) atoms. The summed E-state index contributed by atoms with van der Waals surface area (Å²) < 4.78 is 46.0. The number of rotatable bonds is 5. The number of carbonyl (C=O) groups is 1. The summed E-state index contributed by atoms with van der Waals surface area (Å²) in [4.78, 5) is 16.4. The van der Waals surface area contributed by atoms with Crippen molar-refractivity contribution in [2.45, 2.75) is 24.0 Å². The van der Waals surface area contributed by atoms with Crippen LogP contribution in [0.3, 0.4) is 0 Å². The number of benzene rings is 2. The lowest BCUT2D eigenvalue weighted by Crippen LogP contribution is -2.46. The zero-order valence-electron chi connectivity index (χ0n) is 16.9. The summed E-state index contributed by atoms with van der Waals surface area (Å²) in [6, 6.07) is 14.8. The summed E-state index contributed by atoms with van der Waals surface area (Å²) in [5.74, 6) is -0.540. The third kappa shape index (κ3) is 4.71. The number of hydrogen-bond acceptors (Lipinski definition) is 6. The van der Waals surface area contributed by atoms with Crippen LogP contribution in [0.1, 0.15) is 11.3 Å². The Balaban J connectivity index is 1.56. The number of hydrogen-bond donors (Lipinski definition) is 2. The zero-order valence-corrected chi connectivity index (χ0v) is 17.8. The second-order valence-electron chi connectivity index (χ2n) is 7.33. The first kappa shape index (κ1) is 21.7. The van der Waals surface area contributed by atoms with Gasteiger partial charge in [-0.05, 0) is 35.9 Å². The van der Waals surface area contributed by atoms with Gasteiger partial charge in [-0.25, -0.2) is 17.6 Å². The average molecular weight is 456 g/mol. The molecule has 10 heteroatoms. The van der Waals surface area contributed by atoms with E-state index in [2.05, 4.69) is 10.3 Å². The molecule has 1 unspecified atom stereocenters. The van der Waals surface area contributed by atoms with Crippen molar-refractivity contribution in [3.63, 3.8) is 0 Å². The van der Waals surface area contributed by atoms with Gasteiger partial charge in [-0.2, -0.15) is 0 Å². The van der Waals surface area contributed by atoms with Crippen molar-refractivity contribution in [3.8, 4) is 0 Å². The number of fused-ring (bicyclic) bond motifs is 1. The topological polar surface area (TPSA) is 115 Å². The Labute approximate surface area is 184 Å². The van der Waals surface area contributed by atoms with Gasteiger partial charge in [0.2, 0.25) is 0 Å². The molecule has 8 nitrogen and oxygen atoms in total. The highest BCUT2D eigenvalue weighted by Crippen LogP contribution is 2.32. The standard InChI is InChI=1S/C22H21FN4O4S/c23-16-6-8-19(9-7-16)32(29,30)27-13-17(24)10-20-21(27)11-18(12-25-20)26-22(28)31-14-15-4-2-1-3-5-15/h1-9,11-12,17H,10,13-14,24H2,(H,26,28). The molecule has 4 rings (SSSR count). The first-order valence-corrected chi connectivity index (χ1v) is 11.3. The Bertz CT molecular complexity index is 1220. The molecule has 0 saturated heterocycles. The number of nitrogens with two attached hydrogens (primary N) is 1. The van der Waals surface area contributed by atoms with Crippen molar-refractivity contribution in [3.05, 3.63) is 83.9 Å². The van der Waals surface area contributed by atoms with E-state index in [4.69, 9.17) is 10.5 Å². The van der Waals surface area contributed by atoms with Crippen LogP contribution in [-0.4, -0.2) is 32.1 Å². The second-order valence-corrected chi connectivity index (χ2v) is 9.19. The lowest BCUT2D eigenvalue weighted by atomic mass is 10.1. The van der Waals surface area contributed by atoms with Crippen molar-refractivity contribution in [1.82, 2.24) is 4.98 Å². The molecule has 1 atom stereocenters. The van der Waals surface area contributed by atoms with Crippen LogP contribution in [-0.2, 0) is 27.8 Å². The van der Waals surface area contributed by atoms with Crippen molar-refractivity contribution in [2.75, 3.05) is 16.2 Å². The maximum absolute atomic E-state index is 13.3. The predicted octanol–water partition coefficient (Wildman–Crippen LogP) is 3.05. The molecule has 166 valence electrons. The molecule has 2 aromatic carbocycles. The number of nitrogens with one attached hydrogen (secondary N) is 1. The summed E-state index contributed by atoms with van der Waals surface area (Å²) >= 11 is 0. The maximum atomic E-state index is 13.3. The van der Waals surface area contributed by atoms with Crippen LogP contribution < -0.4 is 15.4 Å². The SMILES string of the molecule is NC1Cc2ncc(NC(=O)OCc3ccccc3)cc2N(S(=O)(=O)c2ccc(F)cc2)C1. The van der Waals surface area contributed by atoms with Crippen LogP contribution >= 0.6 is 0 Å². The predicted molar refractivity (Wildman–Crippen MR) is 117 cm³/mol. The number of nitrogens with zero attached hydrogens (tertiary/aromatic N) is 2. The van der Waals surface area contributed by atoms with E-state index in [1.165, 1.54) is 24.4 Å². The number of pyridine rings is 1. The minimum absolute atomic E-state index is 0.0241. The Hall–Kier alpha value is -3.50. The molecule has 0 spiro atoms. The Kier molecular flexibility index (Phi) is 6.06. The smallest absolute Gasteiger partial charge is 0.412 e. The molecule has 1 aliphatic heterocycles. The molecule has 0 saturated carbocycles. The normalized spacial score (nSPS) is 15.7. The third-order valence-corrected chi connectivity index (χ3v) is 6.73. The highest BCUT2D eigenvalue weighted by atomic mass is 32.2. The number of carbonyl (C=O) groups excluding carboxylic acids is 1. The molecule has 0 aliphatic carbocycles. The minimum atomic E-state index is -4.01. The van der Waals surface area contributed by atoms with Crippen molar-refractivity contribution < 1.29 is 22.3 Å². The zero-order chi connectivity index (χ0) is 22.7. The molecule has 2 heterocycles. The molecule has 3 aromatic rings. The molecular weight excluding hydrogens is 435 g/mol. The molecule has 1 aromatic heterocycles. The lowest BCUT2D eigenvalue weighted by Gasteiger charge is -2.33. The van der Waals surface area contributed by atoms with Crippen LogP contribution in [0.2, 0.25) is 0 Å². The second kappa shape index (κ2) is 8.93. The quantitative estimate of drug-likeness (QED) is 0.610. The van der Waals surface area contributed by atoms with Crippen LogP contribution in [0, 0.1) is 5.82 Å². The molecule has 1 amide bonds. The van der Waals surface area contributed by atoms with Gasteiger partial charge >= 0.3 is 6.09 Å². The molecule has 0 fully saturated rings. The number of amides is 1. The first-order valence-electron chi connectivity index (χ1n) is 9.83. The van der Waals surface area contributed by atoms with Crippen molar-refractivity contribution >= 4 is 27.5 Å². The van der Waals surface area contributed by atoms with E-state index in [9.17, 15) is 17.6 Å². The van der Waals surface area contributed by atoms with E-state index in [0.29, 0.717) is 17.8 Å². The van der Waals surface area contributed by atoms with E-state index >= 15 is 0 Å². The number of sulfonamides is 1. The van der Waals surface area contributed by atoms with Gasteiger partial charge in [-0.15, -0.1) is 0 Å². The fourth-order valence-corrected chi connectivity index (χ4v) is 4.92. The Morgan fingerprint density at radius 1 is 1.19 bits per heavy atom. The van der Waals surface area contributed by atoms with Gasteiger partial charge in [0.25, 0.3) is 10.0 Å². The fourth-order valence-electron chi connectivity index (χ4n) is 3.39. The molecular formula is C22H21FN4O4S. The molecule has 0 radical (unpaired) electrons. The molecule has 0 bridgehead atoms. The highest BCUT2D eigenvalue weighted by Gasteiger charge is 2.33. The number of aromatic nitrogens is 1. The van der Waals surface area contributed by atoms with Gasteiger partial charge in [-0.1, -0.05) is 30.3 Å². The highest BCUT2D eigenvalue weighted by molar-refractivity contribution is 7.92. The summed E-state index contributed by atoms with van der Waals surface area (Å²) in [5.41, 5.74) is 7.95. The number of anilines is 2.